The minimum Gasteiger partial charge on any atom is -0.478 e. The molecule has 1 unspecified atom stereocenters. The van der Waals surface area contributed by atoms with Crippen molar-refractivity contribution in [3.8, 4) is 0 Å². The summed E-state index contributed by atoms with van der Waals surface area (Å²) in [6.07, 6.45) is 1.07. The van der Waals surface area contributed by atoms with Gasteiger partial charge in [0.2, 0.25) is 6.26 Å². The second-order valence-electron chi connectivity index (χ2n) is 3.25. The number of carboxylic acids is 1. The average molecular weight is 234 g/mol. The number of benzene rings is 1. The summed E-state index contributed by atoms with van der Waals surface area (Å²) < 4.78 is 9.78. The van der Waals surface area contributed by atoms with Gasteiger partial charge in [0, 0.05) is 5.56 Å². The minimum absolute atomic E-state index is 0.0312. The third-order valence-corrected chi connectivity index (χ3v) is 2.12. The summed E-state index contributed by atoms with van der Waals surface area (Å²) in [6.45, 7) is 0. The van der Waals surface area contributed by atoms with Crippen LogP contribution < -0.4 is 5.73 Å². The van der Waals surface area contributed by atoms with Crippen LogP contribution in [0.5, 0.6) is 0 Å². The fourth-order valence-corrected chi connectivity index (χ4v) is 1.36. The lowest BCUT2D eigenvalue weighted by molar-refractivity contribution is -0.140. The van der Waals surface area contributed by atoms with E-state index < -0.39 is 18.2 Å². The van der Waals surface area contributed by atoms with Gasteiger partial charge in [-0.15, -0.1) is 0 Å². The van der Waals surface area contributed by atoms with E-state index in [1.54, 1.807) is 12.1 Å². The summed E-state index contributed by atoms with van der Waals surface area (Å²) in [4.78, 5) is 21.8. The van der Waals surface area contributed by atoms with Crippen molar-refractivity contribution in [1.29, 1.82) is 0 Å². The van der Waals surface area contributed by atoms with Gasteiger partial charge in [-0.3, -0.25) is 4.79 Å². The molecule has 0 aromatic heterocycles. The molecule has 0 fully saturated rings. The van der Waals surface area contributed by atoms with Crippen LogP contribution in [-0.4, -0.2) is 23.3 Å². The first-order valence-electron chi connectivity index (χ1n) is 4.67. The second kappa shape index (κ2) is 4.17. The van der Waals surface area contributed by atoms with Crippen molar-refractivity contribution in [3.05, 3.63) is 41.7 Å². The molecule has 6 heteroatoms. The van der Waals surface area contributed by atoms with Crippen molar-refractivity contribution in [2.45, 2.75) is 6.29 Å². The lowest BCUT2D eigenvalue weighted by atomic mass is 10.1. The van der Waals surface area contributed by atoms with E-state index in [1.165, 1.54) is 12.1 Å². The number of primary amides is 1. The average Bonchev–Trinajstić information content (AvgIpc) is 2.78. The van der Waals surface area contributed by atoms with Crippen LogP contribution in [0.3, 0.4) is 0 Å². The zero-order valence-corrected chi connectivity index (χ0v) is 8.54. The van der Waals surface area contributed by atoms with Gasteiger partial charge in [0.25, 0.3) is 5.91 Å². The molecule has 0 saturated carbocycles. The van der Waals surface area contributed by atoms with E-state index in [-0.39, 0.29) is 16.9 Å². The molecule has 1 aromatic rings. The zero-order valence-electron chi connectivity index (χ0n) is 8.54. The predicted octanol–water partition coefficient (Wildman–Crippen LogP) is 0.345. The van der Waals surface area contributed by atoms with E-state index in [1.807, 2.05) is 0 Å². The number of carbonyl (C=O) groups excluding carboxylic acids is 1. The maximum atomic E-state index is 11.0. The smallest absolute Gasteiger partial charge is 0.336 e. The van der Waals surface area contributed by atoms with Crippen LogP contribution in [0.2, 0.25) is 0 Å². The highest BCUT2D eigenvalue weighted by Gasteiger charge is 2.28. The summed E-state index contributed by atoms with van der Waals surface area (Å²) in [7, 11) is 0. The topological polar surface area (TPSA) is 98.9 Å². The van der Waals surface area contributed by atoms with Crippen LogP contribution in [-0.2, 0) is 14.3 Å². The van der Waals surface area contributed by atoms with Gasteiger partial charge in [-0.25, -0.2) is 4.79 Å². The molecule has 3 N–H and O–H groups in total. The predicted molar refractivity (Wildman–Crippen MR) is 55.2 cm³/mol. The Morgan fingerprint density at radius 3 is 2.65 bits per heavy atom. The van der Waals surface area contributed by atoms with E-state index in [2.05, 4.69) is 6.26 Å². The van der Waals surface area contributed by atoms with Crippen molar-refractivity contribution in [3.63, 3.8) is 0 Å². The number of hydrogen-bond donors (Lipinski definition) is 2. The molecule has 6 nitrogen and oxygen atoms in total. The van der Waals surface area contributed by atoms with Crippen molar-refractivity contribution in [2.75, 3.05) is 0 Å². The fraction of sp³-hybridized carbons (Fsp3) is 0.0909. The van der Waals surface area contributed by atoms with Gasteiger partial charge in [-0.1, -0.05) is 18.2 Å². The summed E-state index contributed by atoms with van der Waals surface area (Å²) >= 11 is 0. The largest absolute Gasteiger partial charge is 0.478 e. The molecule has 87 valence electrons. The Bertz CT molecular complexity index is 508. The first kappa shape index (κ1) is 11.0. The van der Waals surface area contributed by atoms with E-state index in [0.717, 1.165) is 0 Å². The lowest BCUT2D eigenvalue weighted by Crippen LogP contribution is -2.29. The van der Waals surface area contributed by atoms with Crippen molar-refractivity contribution >= 4 is 17.6 Å². The molecule has 0 spiro atoms. The normalized spacial score (nSPS) is 17.9. The molecule has 1 atom stereocenters. The molecule has 2 rings (SSSR count). The Hall–Kier alpha value is -2.50. The number of nitrogens with two attached hydrogens (primary N) is 1. The van der Waals surface area contributed by atoms with Crippen LogP contribution in [0, 0.1) is 6.26 Å². The second-order valence-corrected chi connectivity index (χ2v) is 3.25. The standard InChI is InChI=1S/C11H8NO5/c12-9(13)11-16-5-8(17-11)6-3-1-2-4-7(6)10(14)15/h1-4,11H,(H2,12,13)(H,14,15). The number of carbonyl (C=O) groups is 2. The highest BCUT2D eigenvalue weighted by Crippen LogP contribution is 2.26. The number of aromatic carboxylic acids is 1. The van der Waals surface area contributed by atoms with Gasteiger partial charge in [0.05, 0.1) is 5.56 Å². The van der Waals surface area contributed by atoms with Gasteiger partial charge >= 0.3 is 12.3 Å². The Kier molecular flexibility index (Phi) is 2.70. The molecule has 1 aromatic carbocycles. The van der Waals surface area contributed by atoms with Crippen molar-refractivity contribution < 1.29 is 24.2 Å². The SMILES string of the molecule is NC(=O)C1O[C]=C(c2ccccc2C(=O)O)O1. The maximum Gasteiger partial charge on any atom is 0.336 e. The monoisotopic (exact) mass is 234 g/mol. The van der Waals surface area contributed by atoms with Gasteiger partial charge in [-0.2, -0.15) is 0 Å². The number of amides is 1. The third-order valence-electron chi connectivity index (χ3n) is 2.12. The van der Waals surface area contributed by atoms with Gasteiger partial charge in [-0.05, 0) is 6.07 Å². The Morgan fingerprint density at radius 1 is 1.35 bits per heavy atom. The molecule has 1 amide bonds. The van der Waals surface area contributed by atoms with Gasteiger partial charge in [0.1, 0.15) is 0 Å². The van der Waals surface area contributed by atoms with Crippen LogP contribution in [0.4, 0.5) is 0 Å². The fourth-order valence-electron chi connectivity index (χ4n) is 1.36. The van der Waals surface area contributed by atoms with E-state index in [0.29, 0.717) is 0 Å². The van der Waals surface area contributed by atoms with Crippen LogP contribution >= 0.6 is 0 Å². The number of ether oxygens (including phenoxy) is 2. The van der Waals surface area contributed by atoms with E-state index in [9.17, 15) is 9.59 Å². The summed E-state index contributed by atoms with van der Waals surface area (Å²) in [5.41, 5.74) is 5.29. The van der Waals surface area contributed by atoms with Crippen LogP contribution in [0.15, 0.2) is 24.3 Å². The molecule has 1 aliphatic heterocycles. The Labute approximate surface area is 96.2 Å². The lowest BCUT2D eigenvalue weighted by Gasteiger charge is -2.08. The minimum atomic E-state index is -1.26. The number of hydrogen-bond acceptors (Lipinski definition) is 4. The molecule has 1 radical (unpaired) electrons. The van der Waals surface area contributed by atoms with Gasteiger partial charge < -0.3 is 20.3 Å². The molecule has 0 saturated heterocycles. The highest BCUT2D eigenvalue weighted by molar-refractivity contribution is 5.93. The van der Waals surface area contributed by atoms with Crippen molar-refractivity contribution in [1.82, 2.24) is 0 Å². The maximum absolute atomic E-state index is 11.0. The van der Waals surface area contributed by atoms with Gasteiger partial charge in [0.15, 0.2) is 5.76 Å². The first-order chi connectivity index (χ1) is 8.09. The van der Waals surface area contributed by atoms with Crippen LogP contribution in [0.25, 0.3) is 5.76 Å². The summed E-state index contributed by atoms with van der Waals surface area (Å²) in [5, 5.41) is 8.97. The summed E-state index contributed by atoms with van der Waals surface area (Å²) in [6, 6.07) is 6.15. The van der Waals surface area contributed by atoms with E-state index in [4.69, 9.17) is 20.3 Å². The molecule has 17 heavy (non-hydrogen) atoms. The van der Waals surface area contributed by atoms with E-state index >= 15 is 0 Å². The number of rotatable bonds is 3. The Morgan fingerprint density at radius 2 is 2.06 bits per heavy atom. The first-order valence-corrected chi connectivity index (χ1v) is 4.67. The highest BCUT2D eigenvalue weighted by atomic mass is 16.7. The molecular weight excluding hydrogens is 226 g/mol. The summed E-state index contributed by atoms with van der Waals surface area (Å²) in [5.74, 6) is -1.87. The zero-order chi connectivity index (χ0) is 12.4. The molecular formula is C11H8NO5. The van der Waals surface area contributed by atoms with Crippen molar-refractivity contribution in [2.24, 2.45) is 5.73 Å². The third kappa shape index (κ3) is 2.05. The quantitative estimate of drug-likeness (QED) is 0.785. The molecule has 0 aliphatic carbocycles. The number of carboxylic acid groups (broad SMARTS) is 1. The van der Waals surface area contributed by atoms with Crippen LogP contribution in [0.1, 0.15) is 15.9 Å². The molecule has 0 bridgehead atoms. The molecule has 1 heterocycles. The Balaban J connectivity index is 2.31. The molecule has 1 aliphatic rings.